The van der Waals surface area contributed by atoms with Crippen LogP contribution in [0.1, 0.15) is 10.4 Å². The molecule has 0 spiro atoms. The first-order chi connectivity index (χ1) is 12.3. The number of rotatable bonds is 3. The number of para-hydroxylation sites is 1. The number of nitrogens with zero attached hydrogens (tertiary/aromatic N) is 1. The topological polar surface area (TPSA) is 20.3 Å². The highest BCUT2D eigenvalue weighted by atomic mass is 16.2. The first-order valence-corrected chi connectivity index (χ1v) is 8.26. The summed E-state index contributed by atoms with van der Waals surface area (Å²) in [5.74, 6) is -0.0397. The molecule has 4 aromatic carbocycles. The van der Waals surface area contributed by atoms with Crippen LogP contribution in [-0.2, 0) is 0 Å². The van der Waals surface area contributed by atoms with E-state index in [1.54, 1.807) is 4.90 Å². The molecule has 0 aromatic heterocycles. The van der Waals surface area contributed by atoms with Crippen molar-refractivity contribution in [3.63, 3.8) is 0 Å². The average Bonchev–Trinajstić information content (AvgIpc) is 2.69. The van der Waals surface area contributed by atoms with Crippen molar-refractivity contribution < 1.29 is 4.79 Å². The fourth-order valence-corrected chi connectivity index (χ4v) is 2.99. The summed E-state index contributed by atoms with van der Waals surface area (Å²) >= 11 is 0. The standard InChI is InChI=1S/C23H17NO/c25-23(19-10-3-1-4-11-19)24(21-13-5-2-6-14-21)22-16-15-18-9-7-8-12-20(18)17-22/h1-17H. The molecule has 0 aliphatic heterocycles. The van der Waals surface area contributed by atoms with Crippen LogP contribution in [0.25, 0.3) is 10.8 Å². The molecule has 0 bridgehead atoms. The van der Waals surface area contributed by atoms with Gasteiger partial charge in [-0.2, -0.15) is 0 Å². The van der Waals surface area contributed by atoms with E-state index >= 15 is 0 Å². The van der Waals surface area contributed by atoms with Gasteiger partial charge in [-0.25, -0.2) is 0 Å². The van der Waals surface area contributed by atoms with Crippen LogP contribution in [0, 0.1) is 0 Å². The second-order valence-corrected chi connectivity index (χ2v) is 5.87. The molecule has 0 atom stereocenters. The summed E-state index contributed by atoms with van der Waals surface area (Å²) in [4.78, 5) is 15.0. The number of carbonyl (C=O) groups is 1. The van der Waals surface area contributed by atoms with Crippen molar-refractivity contribution in [3.05, 3.63) is 109 Å². The van der Waals surface area contributed by atoms with Gasteiger partial charge in [-0.1, -0.05) is 66.7 Å². The first kappa shape index (κ1) is 15.2. The Bertz CT molecular complexity index is 1010. The minimum absolute atomic E-state index is 0.0397. The van der Waals surface area contributed by atoms with Crippen molar-refractivity contribution in [1.29, 1.82) is 0 Å². The van der Waals surface area contributed by atoms with E-state index in [0.29, 0.717) is 5.56 Å². The molecule has 4 aromatic rings. The third-order valence-electron chi connectivity index (χ3n) is 4.23. The molecule has 1 amide bonds. The molecule has 25 heavy (non-hydrogen) atoms. The Hall–Kier alpha value is -3.39. The van der Waals surface area contributed by atoms with E-state index in [9.17, 15) is 4.79 Å². The quantitative estimate of drug-likeness (QED) is 0.465. The van der Waals surface area contributed by atoms with Gasteiger partial charge in [0.25, 0.3) is 5.91 Å². The van der Waals surface area contributed by atoms with Crippen molar-refractivity contribution in [2.24, 2.45) is 0 Å². The van der Waals surface area contributed by atoms with Crippen LogP contribution in [0.15, 0.2) is 103 Å². The van der Waals surface area contributed by atoms with E-state index in [-0.39, 0.29) is 5.91 Å². The second-order valence-electron chi connectivity index (χ2n) is 5.87. The van der Waals surface area contributed by atoms with E-state index in [0.717, 1.165) is 22.1 Å². The van der Waals surface area contributed by atoms with Gasteiger partial charge in [-0.15, -0.1) is 0 Å². The van der Waals surface area contributed by atoms with Crippen molar-refractivity contribution in [3.8, 4) is 0 Å². The van der Waals surface area contributed by atoms with Crippen LogP contribution in [0.4, 0.5) is 11.4 Å². The Morgan fingerprint density at radius 3 is 1.88 bits per heavy atom. The molecule has 0 aliphatic rings. The van der Waals surface area contributed by atoms with Gasteiger partial charge < -0.3 is 0 Å². The SMILES string of the molecule is O=C(c1ccccc1)N(c1ccccc1)c1ccc2ccccc2c1. The summed E-state index contributed by atoms with van der Waals surface area (Å²) in [6.07, 6.45) is 0. The molecule has 0 unspecified atom stereocenters. The smallest absolute Gasteiger partial charge is 0.262 e. The normalized spacial score (nSPS) is 10.6. The first-order valence-electron chi connectivity index (χ1n) is 8.26. The zero-order valence-corrected chi connectivity index (χ0v) is 13.7. The van der Waals surface area contributed by atoms with Crippen molar-refractivity contribution in [1.82, 2.24) is 0 Å². The lowest BCUT2D eigenvalue weighted by molar-refractivity contribution is 0.0999. The maximum atomic E-state index is 13.2. The van der Waals surface area contributed by atoms with Crippen molar-refractivity contribution >= 4 is 28.1 Å². The van der Waals surface area contributed by atoms with Gasteiger partial charge in [-0.3, -0.25) is 9.69 Å². The summed E-state index contributed by atoms with van der Waals surface area (Å²) in [5, 5.41) is 2.27. The monoisotopic (exact) mass is 323 g/mol. The van der Waals surface area contributed by atoms with Gasteiger partial charge in [0.1, 0.15) is 0 Å². The molecule has 4 rings (SSSR count). The van der Waals surface area contributed by atoms with E-state index in [1.165, 1.54) is 0 Å². The van der Waals surface area contributed by atoms with Crippen LogP contribution >= 0.6 is 0 Å². The maximum absolute atomic E-state index is 13.2. The summed E-state index contributed by atoms with van der Waals surface area (Å²) in [7, 11) is 0. The van der Waals surface area contributed by atoms with Crippen LogP contribution in [0.5, 0.6) is 0 Å². The van der Waals surface area contributed by atoms with E-state index in [1.807, 2.05) is 78.9 Å². The van der Waals surface area contributed by atoms with Crippen LogP contribution in [-0.4, -0.2) is 5.91 Å². The predicted octanol–water partition coefficient (Wildman–Crippen LogP) is 5.82. The predicted molar refractivity (Wildman–Crippen MR) is 103 cm³/mol. The zero-order chi connectivity index (χ0) is 17.1. The Morgan fingerprint density at radius 1 is 0.560 bits per heavy atom. The van der Waals surface area contributed by atoms with Gasteiger partial charge in [0, 0.05) is 16.9 Å². The molecule has 0 saturated heterocycles. The molecule has 2 nitrogen and oxygen atoms in total. The summed E-state index contributed by atoms with van der Waals surface area (Å²) < 4.78 is 0. The number of benzene rings is 4. The van der Waals surface area contributed by atoms with Crippen LogP contribution < -0.4 is 4.90 Å². The molecule has 2 heteroatoms. The largest absolute Gasteiger partial charge is 0.277 e. The fourth-order valence-electron chi connectivity index (χ4n) is 2.99. The van der Waals surface area contributed by atoms with Gasteiger partial charge in [0.05, 0.1) is 0 Å². The Balaban J connectivity index is 1.86. The number of hydrogen-bond acceptors (Lipinski definition) is 1. The van der Waals surface area contributed by atoms with Crippen molar-refractivity contribution in [2.45, 2.75) is 0 Å². The lowest BCUT2D eigenvalue weighted by atomic mass is 10.1. The number of amides is 1. The molecular weight excluding hydrogens is 306 g/mol. The minimum Gasteiger partial charge on any atom is -0.277 e. The third-order valence-corrected chi connectivity index (χ3v) is 4.23. The molecule has 0 fully saturated rings. The molecule has 0 radical (unpaired) electrons. The molecule has 120 valence electrons. The number of carbonyl (C=O) groups excluding carboxylic acids is 1. The van der Waals surface area contributed by atoms with Crippen LogP contribution in [0.2, 0.25) is 0 Å². The highest BCUT2D eigenvalue weighted by molar-refractivity contribution is 6.11. The van der Waals surface area contributed by atoms with E-state index in [2.05, 4.69) is 24.3 Å². The minimum atomic E-state index is -0.0397. The molecular formula is C23H17NO. The van der Waals surface area contributed by atoms with Crippen LogP contribution in [0.3, 0.4) is 0 Å². The summed E-state index contributed by atoms with van der Waals surface area (Å²) in [6.45, 7) is 0. The summed E-state index contributed by atoms with van der Waals surface area (Å²) in [5.41, 5.74) is 2.38. The van der Waals surface area contributed by atoms with Gasteiger partial charge >= 0.3 is 0 Å². The van der Waals surface area contributed by atoms with Crippen molar-refractivity contribution in [2.75, 3.05) is 4.90 Å². The highest BCUT2D eigenvalue weighted by Gasteiger charge is 2.19. The average molecular weight is 323 g/mol. The molecule has 0 saturated carbocycles. The third kappa shape index (κ3) is 3.02. The summed E-state index contributed by atoms with van der Waals surface area (Å²) in [6, 6.07) is 33.4. The molecule has 0 N–H and O–H groups in total. The number of anilines is 2. The number of hydrogen-bond donors (Lipinski definition) is 0. The fraction of sp³-hybridized carbons (Fsp3) is 0. The van der Waals surface area contributed by atoms with Gasteiger partial charge in [0.15, 0.2) is 0 Å². The lowest BCUT2D eigenvalue weighted by Gasteiger charge is -2.23. The lowest BCUT2D eigenvalue weighted by Crippen LogP contribution is -2.25. The zero-order valence-electron chi connectivity index (χ0n) is 13.7. The van der Waals surface area contributed by atoms with Gasteiger partial charge in [-0.05, 0) is 47.2 Å². The molecule has 0 heterocycles. The maximum Gasteiger partial charge on any atom is 0.262 e. The van der Waals surface area contributed by atoms with Gasteiger partial charge in [0.2, 0.25) is 0 Å². The Labute approximate surface area is 147 Å². The number of fused-ring (bicyclic) bond motifs is 1. The van der Waals surface area contributed by atoms with E-state index < -0.39 is 0 Å². The Morgan fingerprint density at radius 2 is 1.16 bits per heavy atom. The molecule has 0 aliphatic carbocycles. The second kappa shape index (κ2) is 6.62. The highest BCUT2D eigenvalue weighted by Crippen LogP contribution is 2.30. The Kier molecular flexibility index (Phi) is 4.01. The van der Waals surface area contributed by atoms with E-state index in [4.69, 9.17) is 0 Å².